The Balaban J connectivity index is 0.000000833. The lowest BCUT2D eigenvalue weighted by atomic mass is 9.80. The van der Waals surface area contributed by atoms with Gasteiger partial charge in [0.25, 0.3) is 17.7 Å². The van der Waals surface area contributed by atoms with Crippen molar-refractivity contribution in [3.8, 4) is 0 Å². The van der Waals surface area contributed by atoms with Crippen LogP contribution in [0.15, 0.2) is 131 Å². The van der Waals surface area contributed by atoms with E-state index in [0.29, 0.717) is 35.6 Å². The zero-order valence-electron chi connectivity index (χ0n) is 34.2. The number of carbonyl (C=O) groups is 5. The summed E-state index contributed by atoms with van der Waals surface area (Å²) >= 11 is 2.38. The number of benzene rings is 3. The number of nitrogens with zero attached hydrogens (tertiary/aromatic N) is 6. The summed E-state index contributed by atoms with van der Waals surface area (Å²) in [5.74, 6) is -5.18. The van der Waals surface area contributed by atoms with Gasteiger partial charge >= 0.3 is 18.1 Å². The van der Waals surface area contributed by atoms with Crippen molar-refractivity contribution in [2.24, 2.45) is 5.16 Å². The zero-order valence-corrected chi connectivity index (χ0v) is 35.9. The number of β-lactam (4-membered cyclic amide) rings is 1. The number of aliphatic carboxylic acids is 2. The van der Waals surface area contributed by atoms with Gasteiger partial charge in [-0.1, -0.05) is 96.2 Å². The van der Waals surface area contributed by atoms with Crippen molar-refractivity contribution in [3.05, 3.63) is 159 Å². The lowest BCUT2D eigenvalue weighted by Gasteiger charge is -2.49. The van der Waals surface area contributed by atoms with Crippen LogP contribution < -0.4 is 16.0 Å². The Morgan fingerprint density at radius 3 is 1.98 bits per heavy atom. The Kier molecular flexibility index (Phi) is 13.2. The molecule has 2 aromatic heterocycles. The molecule has 3 amide bonds. The number of halogens is 3. The molecule has 2 saturated heterocycles. The van der Waals surface area contributed by atoms with Crippen LogP contribution in [0.25, 0.3) is 0 Å². The highest BCUT2D eigenvalue weighted by Gasteiger charge is 2.54. The minimum absolute atomic E-state index is 0.130. The van der Waals surface area contributed by atoms with Gasteiger partial charge in [0.1, 0.15) is 22.8 Å². The second-order valence-corrected chi connectivity index (χ2v) is 16.5. The van der Waals surface area contributed by atoms with E-state index >= 15 is 0 Å². The fraction of sp³-hybridized carbons (Fsp3) is 0.205. The number of aromatic nitrogens is 3. The Labute approximate surface area is 376 Å². The summed E-state index contributed by atoms with van der Waals surface area (Å²) in [7, 11) is 0. The number of hydrogen-bond acceptors (Lipinski definition) is 13. The molecule has 5 heterocycles. The molecular formula is C44H37F3N8O8S2. The number of allylic oxidation sites excluding steroid dienone is 1. The molecule has 5 aromatic rings. The number of nitrogen functional groups attached to an aromatic ring is 1. The molecule has 0 bridgehead atoms. The third-order valence-electron chi connectivity index (χ3n) is 10.3. The van der Waals surface area contributed by atoms with Crippen LogP contribution in [0.3, 0.4) is 0 Å². The molecule has 2 atom stereocenters. The standard InChI is InChI=1S/C42H36N8O6S2.C2HF3O2/c1-24-21-44-35(25(2)45-24)49-19-18-26(37(49)52)20-27-22-57-39-33(38(53)50(39)34(27)40(54)55)47-36(51)32(31-23-58-41(43)46-31)48-56-42(28-12-6-3-7-13-28,29-14-8-4-9-15-29)30-16-10-5-11-17-30;3-2(4,5)1(6)7/h3-17,20-21,23,33,39H,18-19,22H2,1-2H3,(H2,43,46)(H,47,51)(H,54,55);(H,6,7)/t33-,39-;/m1./s1. The third kappa shape index (κ3) is 9.32. The van der Waals surface area contributed by atoms with Crippen LogP contribution in [0.5, 0.6) is 0 Å². The maximum absolute atomic E-state index is 14.3. The summed E-state index contributed by atoms with van der Waals surface area (Å²) < 4.78 is 31.7. The van der Waals surface area contributed by atoms with Crippen molar-refractivity contribution in [3.63, 3.8) is 0 Å². The number of aryl methyl sites for hydroxylation is 2. The lowest BCUT2D eigenvalue weighted by molar-refractivity contribution is -0.192. The Hall–Kier alpha value is -7.39. The van der Waals surface area contributed by atoms with Gasteiger partial charge in [-0.25, -0.2) is 19.6 Å². The van der Waals surface area contributed by atoms with E-state index in [1.54, 1.807) is 24.6 Å². The number of thioether (sulfide) groups is 1. The van der Waals surface area contributed by atoms with Crippen molar-refractivity contribution in [1.82, 2.24) is 25.2 Å². The van der Waals surface area contributed by atoms with E-state index in [1.165, 1.54) is 16.7 Å². The second-order valence-electron chi connectivity index (χ2n) is 14.5. The number of alkyl halides is 3. The SMILES string of the molecule is Cc1cnc(N2CCC(=CC3=C(C(=O)O)N4C(=O)[C@@H](NC(=O)C(=NOC(c5ccccc5)(c5ccccc5)c5ccccc5)c5csc(N)n5)[C@H]4SC3)C2=O)c(C)n1.O=C(O)C(F)(F)F. The fourth-order valence-corrected chi connectivity index (χ4v) is 9.23. The van der Waals surface area contributed by atoms with Crippen molar-refractivity contribution in [2.45, 2.75) is 43.5 Å². The van der Waals surface area contributed by atoms with E-state index in [2.05, 4.69) is 25.4 Å². The van der Waals surface area contributed by atoms with Crippen molar-refractivity contribution < 1.29 is 52.2 Å². The minimum Gasteiger partial charge on any atom is -0.477 e. The van der Waals surface area contributed by atoms with Gasteiger partial charge in [-0.15, -0.1) is 23.1 Å². The number of nitrogens with one attached hydrogen (secondary N) is 1. The van der Waals surface area contributed by atoms with Gasteiger partial charge in [0, 0.05) is 39.9 Å². The van der Waals surface area contributed by atoms with Crippen molar-refractivity contribution >= 4 is 69.4 Å². The van der Waals surface area contributed by atoms with E-state index in [-0.39, 0.29) is 33.9 Å². The van der Waals surface area contributed by atoms with Crippen LogP contribution >= 0.6 is 23.1 Å². The molecule has 0 unspecified atom stereocenters. The molecular weight excluding hydrogens is 890 g/mol. The molecule has 0 radical (unpaired) electrons. The number of carboxylic acid groups (broad SMARTS) is 2. The first kappa shape index (κ1) is 45.6. The fourth-order valence-electron chi connectivity index (χ4n) is 7.37. The number of hydrogen-bond donors (Lipinski definition) is 4. The van der Waals surface area contributed by atoms with Crippen LogP contribution in [0.2, 0.25) is 0 Å². The summed E-state index contributed by atoms with van der Waals surface area (Å²) in [5.41, 5.74) is 8.60. The molecule has 334 valence electrons. The molecule has 2 fully saturated rings. The van der Waals surface area contributed by atoms with E-state index < -0.39 is 46.9 Å². The normalized spacial score (nSPS) is 18.1. The minimum atomic E-state index is -5.08. The summed E-state index contributed by atoms with van der Waals surface area (Å²) in [6, 6.07) is 27.4. The molecule has 3 aromatic carbocycles. The van der Waals surface area contributed by atoms with Gasteiger partial charge < -0.3 is 26.1 Å². The molecule has 0 saturated carbocycles. The first-order valence-electron chi connectivity index (χ1n) is 19.5. The number of nitrogens with two attached hydrogens (primary N) is 1. The summed E-state index contributed by atoms with van der Waals surface area (Å²) in [4.78, 5) is 85.6. The summed E-state index contributed by atoms with van der Waals surface area (Å²) in [5, 5.41) is 25.8. The van der Waals surface area contributed by atoms with Gasteiger partial charge in [-0.2, -0.15) is 13.2 Å². The van der Waals surface area contributed by atoms with Crippen LogP contribution in [0.4, 0.5) is 24.1 Å². The van der Waals surface area contributed by atoms with Crippen LogP contribution in [0.1, 0.15) is 40.2 Å². The van der Waals surface area contributed by atoms with Crippen LogP contribution in [-0.4, -0.2) is 95.3 Å². The van der Waals surface area contributed by atoms with Gasteiger partial charge in [-0.05, 0) is 31.9 Å². The van der Waals surface area contributed by atoms with E-state index in [0.717, 1.165) is 38.6 Å². The van der Waals surface area contributed by atoms with Gasteiger partial charge in [-0.3, -0.25) is 29.2 Å². The van der Waals surface area contributed by atoms with E-state index in [1.807, 2.05) is 97.9 Å². The summed E-state index contributed by atoms with van der Waals surface area (Å²) in [6.45, 7) is 3.95. The number of fused-ring (bicyclic) bond motifs is 1. The zero-order chi connectivity index (χ0) is 46.6. The number of thiazole rings is 1. The number of oxime groups is 1. The number of carboxylic acids is 2. The Morgan fingerprint density at radius 1 is 0.923 bits per heavy atom. The number of rotatable bonds is 11. The molecule has 21 heteroatoms. The molecule has 5 N–H and O–H groups in total. The predicted molar refractivity (Wildman–Crippen MR) is 233 cm³/mol. The van der Waals surface area contributed by atoms with Crippen molar-refractivity contribution in [2.75, 3.05) is 22.9 Å². The Morgan fingerprint density at radius 2 is 1.49 bits per heavy atom. The average molecular weight is 927 g/mol. The average Bonchev–Trinajstić information content (AvgIpc) is 3.88. The molecule has 3 aliphatic heterocycles. The quantitative estimate of drug-likeness (QED) is 0.0417. The molecule has 0 aliphatic carbocycles. The number of anilines is 2. The van der Waals surface area contributed by atoms with Crippen LogP contribution in [0, 0.1) is 13.8 Å². The lowest BCUT2D eigenvalue weighted by Crippen LogP contribution is -2.71. The topological polar surface area (TPSA) is 231 Å². The maximum atomic E-state index is 14.3. The van der Waals surface area contributed by atoms with Gasteiger partial charge in [0.05, 0.1) is 17.6 Å². The summed E-state index contributed by atoms with van der Waals surface area (Å²) in [6.07, 6.45) is -1.58. The Bertz CT molecular complexity index is 2660. The molecule has 65 heavy (non-hydrogen) atoms. The van der Waals surface area contributed by atoms with Gasteiger partial charge in [0.15, 0.2) is 16.7 Å². The highest BCUT2D eigenvalue weighted by molar-refractivity contribution is 8.00. The van der Waals surface area contributed by atoms with Crippen LogP contribution in [-0.2, 0) is 34.4 Å². The first-order chi connectivity index (χ1) is 31.0. The maximum Gasteiger partial charge on any atom is 0.490 e. The van der Waals surface area contributed by atoms with E-state index in [4.69, 9.17) is 20.5 Å². The largest absolute Gasteiger partial charge is 0.490 e. The molecule has 16 nitrogen and oxygen atoms in total. The van der Waals surface area contributed by atoms with Gasteiger partial charge in [0.2, 0.25) is 5.60 Å². The number of carbonyl (C=O) groups excluding carboxylic acids is 3. The monoisotopic (exact) mass is 926 g/mol. The molecule has 0 spiro atoms. The van der Waals surface area contributed by atoms with Crippen molar-refractivity contribution in [1.29, 1.82) is 0 Å². The third-order valence-corrected chi connectivity index (χ3v) is 12.3. The highest BCUT2D eigenvalue weighted by atomic mass is 32.2. The first-order valence-corrected chi connectivity index (χ1v) is 21.4. The van der Waals surface area contributed by atoms with E-state index in [9.17, 15) is 37.5 Å². The molecule has 8 rings (SSSR count). The smallest absolute Gasteiger partial charge is 0.477 e. The number of amides is 3. The highest BCUT2D eigenvalue weighted by Crippen LogP contribution is 2.43. The second kappa shape index (κ2) is 18.8. The molecule has 3 aliphatic rings. The predicted octanol–water partition coefficient (Wildman–Crippen LogP) is 5.58.